The van der Waals surface area contributed by atoms with E-state index in [-0.39, 0.29) is 0 Å². The largest absolute Gasteiger partial charge is 0.375 e. The van der Waals surface area contributed by atoms with Gasteiger partial charge in [-0.3, -0.25) is 4.90 Å². The number of hydrogen-bond donors (Lipinski definition) is 1. The summed E-state index contributed by atoms with van der Waals surface area (Å²) < 4.78 is 0. The van der Waals surface area contributed by atoms with Crippen LogP contribution < -0.4 is 5.73 Å². The molecule has 0 amide bonds. The SMILES string of the molecule is CCCc1ncc2c(n1)CCN(Cc1cnc(N)s1)C2. The molecule has 0 bridgehead atoms. The highest BCUT2D eigenvalue weighted by atomic mass is 32.1. The van der Waals surface area contributed by atoms with Crippen molar-refractivity contribution < 1.29 is 0 Å². The number of aryl methyl sites for hydroxylation is 1. The lowest BCUT2D eigenvalue weighted by Crippen LogP contribution is -2.30. The van der Waals surface area contributed by atoms with Crippen LogP contribution >= 0.6 is 11.3 Å². The summed E-state index contributed by atoms with van der Waals surface area (Å²) in [5, 5.41) is 0.643. The van der Waals surface area contributed by atoms with Gasteiger partial charge in [0.15, 0.2) is 5.13 Å². The lowest BCUT2D eigenvalue weighted by molar-refractivity contribution is 0.244. The lowest BCUT2D eigenvalue weighted by Gasteiger charge is -2.27. The van der Waals surface area contributed by atoms with E-state index in [0.717, 1.165) is 44.7 Å². The zero-order valence-corrected chi connectivity index (χ0v) is 12.5. The average molecular weight is 289 g/mol. The standard InChI is InChI=1S/C14H19N5S/c1-2-3-13-16-6-10-8-19(5-4-12(10)18-13)9-11-7-17-14(15)20-11/h6-7H,2-5,8-9H2,1H3,(H2,15,17). The van der Waals surface area contributed by atoms with E-state index in [4.69, 9.17) is 5.73 Å². The number of thiazole rings is 1. The quantitative estimate of drug-likeness (QED) is 0.932. The summed E-state index contributed by atoms with van der Waals surface area (Å²) in [6.45, 7) is 5.02. The Balaban J connectivity index is 1.69. The number of hydrogen-bond acceptors (Lipinski definition) is 6. The second-order valence-electron chi connectivity index (χ2n) is 5.13. The maximum absolute atomic E-state index is 5.67. The molecule has 0 atom stereocenters. The molecule has 0 unspecified atom stereocenters. The van der Waals surface area contributed by atoms with Crippen molar-refractivity contribution in [2.45, 2.75) is 39.3 Å². The molecule has 0 aromatic carbocycles. The molecule has 0 saturated heterocycles. The molecule has 2 aromatic heterocycles. The summed E-state index contributed by atoms with van der Waals surface area (Å²) in [4.78, 5) is 16.9. The zero-order valence-electron chi connectivity index (χ0n) is 11.7. The molecular formula is C14H19N5S. The van der Waals surface area contributed by atoms with E-state index >= 15 is 0 Å². The molecule has 1 aliphatic heterocycles. The molecule has 2 N–H and O–H groups in total. The molecule has 0 saturated carbocycles. The van der Waals surface area contributed by atoms with Crippen LogP contribution in [-0.4, -0.2) is 26.4 Å². The third kappa shape index (κ3) is 2.96. The van der Waals surface area contributed by atoms with Crippen molar-refractivity contribution in [1.82, 2.24) is 19.9 Å². The van der Waals surface area contributed by atoms with Gasteiger partial charge in [-0.2, -0.15) is 0 Å². The summed E-state index contributed by atoms with van der Waals surface area (Å²) in [6.07, 6.45) is 6.94. The summed E-state index contributed by atoms with van der Waals surface area (Å²) in [5.41, 5.74) is 8.16. The zero-order chi connectivity index (χ0) is 13.9. The van der Waals surface area contributed by atoms with Gasteiger partial charge in [0.25, 0.3) is 0 Å². The van der Waals surface area contributed by atoms with Gasteiger partial charge in [-0.1, -0.05) is 6.92 Å². The van der Waals surface area contributed by atoms with Crippen molar-refractivity contribution in [2.24, 2.45) is 0 Å². The van der Waals surface area contributed by atoms with Crippen molar-refractivity contribution in [1.29, 1.82) is 0 Å². The third-order valence-corrected chi connectivity index (χ3v) is 4.30. The highest BCUT2D eigenvalue weighted by molar-refractivity contribution is 7.15. The maximum atomic E-state index is 5.67. The second-order valence-corrected chi connectivity index (χ2v) is 6.28. The molecule has 3 rings (SSSR count). The summed E-state index contributed by atoms with van der Waals surface area (Å²) in [7, 11) is 0. The van der Waals surface area contributed by atoms with Gasteiger partial charge >= 0.3 is 0 Å². The molecule has 0 radical (unpaired) electrons. The monoisotopic (exact) mass is 289 g/mol. The Morgan fingerprint density at radius 1 is 1.35 bits per heavy atom. The summed E-state index contributed by atoms with van der Waals surface area (Å²) >= 11 is 1.57. The first kappa shape index (κ1) is 13.5. The van der Waals surface area contributed by atoms with Gasteiger partial charge < -0.3 is 5.73 Å². The predicted molar refractivity (Wildman–Crippen MR) is 80.4 cm³/mol. The van der Waals surface area contributed by atoms with Gasteiger partial charge in [-0.25, -0.2) is 15.0 Å². The predicted octanol–water partition coefficient (Wildman–Crippen LogP) is 2.03. The molecule has 1 aliphatic rings. The van der Waals surface area contributed by atoms with Crippen LogP contribution in [0.3, 0.4) is 0 Å². The molecule has 0 spiro atoms. The van der Waals surface area contributed by atoms with E-state index in [1.807, 2.05) is 12.4 Å². The van der Waals surface area contributed by atoms with E-state index < -0.39 is 0 Å². The van der Waals surface area contributed by atoms with Gasteiger partial charge in [0, 0.05) is 61.0 Å². The Morgan fingerprint density at radius 2 is 2.25 bits per heavy atom. The van der Waals surface area contributed by atoms with Crippen molar-refractivity contribution >= 4 is 16.5 Å². The van der Waals surface area contributed by atoms with E-state index in [1.165, 1.54) is 16.1 Å². The van der Waals surface area contributed by atoms with Crippen molar-refractivity contribution in [3.63, 3.8) is 0 Å². The van der Waals surface area contributed by atoms with Gasteiger partial charge in [0.2, 0.25) is 0 Å². The molecule has 6 heteroatoms. The Hall–Kier alpha value is -1.53. The Kier molecular flexibility index (Phi) is 3.93. The van der Waals surface area contributed by atoms with Crippen LogP contribution in [0, 0.1) is 0 Å². The Bertz CT molecular complexity index is 595. The summed E-state index contributed by atoms with van der Waals surface area (Å²) in [6, 6.07) is 0. The third-order valence-electron chi connectivity index (χ3n) is 3.49. The Labute approximate surface area is 122 Å². The molecule has 3 heterocycles. The number of nitrogen functional groups attached to an aromatic ring is 1. The van der Waals surface area contributed by atoms with Crippen LogP contribution in [0.4, 0.5) is 5.13 Å². The van der Waals surface area contributed by atoms with E-state index in [9.17, 15) is 0 Å². The first-order chi connectivity index (χ1) is 9.74. The van der Waals surface area contributed by atoms with E-state index in [2.05, 4.69) is 26.8 Å². The first-order valence-electron chi connectivity index (χ1n) is 7.01. The van der Waals surface area contributed by atoms with Crippen LogP contribution in [0.2, 0.25) is 0 Å². The molecule has 0 fully saturated rings. The number of nitrogens with two attached hydrogens (primary N) is 1. The molecule has 5 nitrogen and oxygen atoms in total. The highest BCUT2D eigenvalue weighted by Gasteiger charge is 2.19. The average Bonchev–Trinajstić information content (AvgIpc) is 2.85. The van der Waals surface area contributed by atoms with Gasteiger partial charge in [0.1, 0.15) is 5.82 Å². The maximum Gasteiger partial charge on any atom is 0.180 e. The second kappa shape index (κ2) is 5.85. The van der Waals surface area contributed by atoms with Crippen molar-refractivity contribution in [3.05, 3.63) is 34.4 Å². The van der Waals surface area contributed by atoms with Crippen LogP contribution in [0.25, 0.3) is 0 Å². The fraction of sp³-hybridized carbons (Fsp3) is 0.500. The van der Waals surface area contributed by atoms with Gasteiger partial charge in [-0.15, -0.1) is 11.3 Å². The Morgan fingerprint density at radius 3 is 3.00 bits per heavy atom. The minimum Gasteiger partial charge on any atom is -0.375 e. The van der Waals surface area contributed by atoms with Gasteiger partial charge in [-0.05, 0) is 6.42 Å². The molecule has 0 aliphatic carbocycles. The molecular weight excluding hydrogens is 270 g/mol. The molecule has 106 valence electrons. The minimum atomic E-state index is 0.643. The van der Waals surface area contributed by atoms with Crippen LogP contribution in [-0.2, 0) is 25.9 Å². The molecule has 2 aromatic rings. The minimum absolute atomic E-state index is 0.643. The lowest BCUT2D eigenvalue weighted by atomic mass is 10.1. The fourth-order valence-electron chi connectivity index (χ4n) is 2.51. The van der Waals surface area contributed by atoms with E-state index in [0.29, 0.717) is 5.13 Å². The van der Waals surface area contributed by atoms with Crippen LogP contribution in [0.15, 0.2) is 12.4 Å². The van der Waals surface area contributed by atoms with Crippen LogP contribution in [0.5, 0.6) is 0 Å². The smallest absolute Gasteiger partial charge is 0.180 e. The number of rotatable bonds is 4. The normalized spacial score (nSPS) is 15.2. The highest BCUT2D eigenvalue weighted by Crippen LogP contribution is 2.22. The number of fused-ring (bicyclic) bond motifs is 1. The number of anilines is 1. The molecule has 20 heavy (non-hydrogen) atoms. The number of aromatic nitrogens is 3. The van der Waals surface area contributed by atoms with Gasteiger partial charge in [0.05, 0.1) is 0 Å². The van der Waals surface area contributed by atoms with Crippen LogP contribution in [0.1, 0.15) is 35.3 Å². The fourth-order valence-corrected chi connectivity index (χ4v) is 3.24. The topological polar surface area (TPSA) is 67.9 Å². The van der Waals surface area contributed by atoms with E-state index in [1.54, 1.807) is 11.3 Å². The first-order valence-corrected chi connectivity index (χ1v) is 7.82. The van der Waals surface area contributed by atoms with Crippen molar-refractivity contribution in [2.75, 3.05) is 12.3 Å². The van der Waals surface area contributed by atoms with Crippen molar-refractivity contribution in [3.8, 4) is 0 Å². The summed E-state index contributed by atoms with van der Waals surface area (Å²) in [5.74, 6) is 0.981. The number of nitrogens with zero attached hydrogens (tertiary/aromatic N) is 4.